The third kappa shape index (κ3) is 3.60. The van der Waals surface area contributed by atoms with Gasteiger partial charge in [-0.1, -0.05) is 6.07 Å². The fraction of sp³-hybridized carbons (Fsp3) is 0.214. The van der Waals surface area contributed by atoms with Crippen LogP contribution in [0.5, 0.6) is 0 Å². The summed E-state index contributed by atoms with van der Waals surface area (Å²) in [5.41, 5.74) is 0.961. The topological polar surface area (TPSA) is 45.5 Å². The van der Waals surface area contributed by atoms with Gasteiger partial charge in [-0.15, -0.1) is 0 Å². The Bertz CT molecular complexity index is 627. The number of carbonyl (C=O) groups excluding carboxylic acids is 1. The van der Waals surface area contributed by atoms with Gasteiger partial charge in [0.2, 0.25) is 0 Å². The van der Waals surface area contributed by atoms with Gasteiger partial charge in [-0.05, 0) is 52.7 Å². The number of nitrogens with one attached hydrogen (secondary N) is 1. The maximum Gasteiger partial charge on any atom is 0.322 e. The van der Waals surface area contributed by atoms with Crippen LogP contribution in [0.4, 0.5) is 14.9 Å². The van der Waals surface area contributed by atoms with E-state index in [2.05, 4.69) is 21.2 Å². The first-order chi connectivity index (χ1) is 9.45. The number of furan rings is 1. The molecule has 1 aromatic heterocycles. The Morgan fingerprint density at radius 1 is 1.40 bits per heavy atom. The molecule has 0 bridgehead atoms. The summed E-state index contributed by atoms with van der Waals surface area (Å²) in [4.78, 5) is 13.4. The summed E-state index contributed by atoms with van der Waals surface area (Å²) in [7, 11) is 1.61. The van der Waals surface area contributed by atoms with Gasteiger partial charge in [0.15, 0.2) is 4.67 Å². The standard InChI is InChI=1S/C14H14BrFN2O2/c1-9-3-5-12(11(16)7-9)17-14(19)18(2)8-10-4-6-13(15)20-10/h3-7H,8H2,1-2H3,(H,17,19). The zero-order valence-electron chi connectivity index (χ0n) is 11.1. The Hall–Kier alpha value is -1.82. The Labute approximate surface area is 124 Å². The molecule has 0 saturated heterocycles. The van der Waals surface area contributed by atoms with E-state index in [4.69, 9.17) is 4.42 Å². The number of halogens is 2. The van der Waals surface area contributed by atoms with E-state index < -0.39 is 11.8 Å². The van der Waals surface area contributed by atoms with Gasteiger partial charge in [0.25, 0.3) is 0 Å². The number of amides is 2. The average Bonchev–Trinajstić information content (AvgIpc) is 2.78. The summed E-state index contributed by atoms with van der Waals surface area (Å²) in [5, 5.41) is 2.52. The maximum atomic E-state index is 13.6. The number of rotatable bonds is 3. The first-order valence-electron chi connectivity index (χ1n) is 5.98. The lowest BCUT2D eigenvalue weighted by Gasteiger charge is -2.17. The van der Waals surface area contributed by atoms with Crippen LogP contribution in [0.1, 0.15) is 11.3 Å². The van der Waals surface area contributed by atoms with Gasteiger partial charge < -0.3 is 14.6 Å². The SMILES string of the molecule is Cc1ccc(NC(=O)N(C)Cc2ccc(Br)o2)c(F)c1. The highest BCUT2D eigenvalue weighted by Gasteiger charge is 2.13. The zero-order chi connectivity index (χ0) is 14.7. The molecule has 0 unspecified atom stereocenters. The van der Waals surface area contributed by atoms with Crippen LogP contribution in [-0.4, -0.2) is 18.0 Å². The van der Waals surface area contributed by atoms with Crippen molar-refractivity contribution in [3.63, 3.8) is 0 Å². The normalized spacial score (nSPS) is 10.4. The van der Waals surface area contributed by atoms with E-state index >= 15 is 0 Å². The maximum absolute atomic E-state index is 13.6. The molecule has 20 heavy (non-hydrogen) atoms. The molecule has 1 heterocycles. The predicted octanol–water partition coefficient (Wildman–Crippen LogP) is 4.15. The molecule has 0 fully saturated rings. The second kappa shape index (κ2) is 6.09. The molecule has 0 saturated carbocycles. The molecule has 0 atom stereocenters. The molecule has 2 amide bonds. The van der Waals surface area contributed by atoms with E-state index in [9.17, 15) is 9.18 Å². The Kier molecular flexibility index (Phi) is 4.44. The van der Waals surface area contributed by atoms with Crippen molar-refractivity contribution in [2.75, 3.05) is 12.4 Å². The second-order valence-electron chi connectivity index (χ2n) is 4.48. The highest BCUT2D eigenvalue weighted by atomic mass is 79.9. The molecule has 6 heteroatoms. The molecular weight excluding hydrogens is 327 g/mol. The summed E-state index contributed by atoms with van der Waals surface area (Å²) in [6, 6.07) is 7.77. The van der Waals surface area contributed by atoms with Gasteiger partial charge in [-0.2, -0.15) is 0 Å². The molecule has 2 aromatic rings. The predicted molar refractivity (Wildman–Crippen MR) is 78.0 cm³/mol. The smallest absolute Gasteiger partial charge is 0.322 e. The quantitative estimate of drug-likeness (QED) is 0.911. The number of urea groups is 1. The van der Waals surface area contributed by atoms with Crippen LogP contribution in [0.3, 0.4) is 0 Å². The van der Waals surface area contributed by atoms with Crippen molar-refractivity contribution in [2.24, 2.45) is 0 Å². The van der Waals surface area contributed by atoms with Gasteiger partial charge in [-0.3, -0.25) is 0 Å². The van der Waals surface area contributed by atoms with Gasteiger partial charge in [0, 0.05) is 7.05 Å². The third-order valence-electron chi connectivity index (χ3n) is 2.73. The van der Waals surface area contributed by atoms with E-state index in [0.717, 1.165) is 5.56 Å². The van der Waals surface area contributed by atoms with Crippen molar-refractivity contribution in [2.45, 2.75) is 13.5 Å². The van der Waals surface area contributed by atoms with E-state index in [-0.39, 0.29) is 5.69 Å². The summed E-state index contributed by atoms with van der Waals surface area (Å²) < 4.78 is 19.6. The lowest BCUT2D eigenvalue weighted by Crippen LogP contribution is -2.31. The van der Waals surface area contributed by atoms with Crippen molar-refractivity contribution in [3.8, 4) is 0 Å². The third-order valence-corrected chi connectivity index (χ3v) is 3.16. The minimum Gasteiger partial charge on any atom is -0.452 e. The van der Waals surface area contributed by atoms with Crippen molar-refractivity contribution in [1.82, 2.24) is 4.90 Å². The minimum atomic E-state index is -0.451. The lowest BCUT2D eigenvalue weighted by molar-refractivity contribution is 0.216. The Morgan fingerprint density at radius 2 is 2.15 bits per heavy atom. The molecule has 106 valence electrons. The van der Waals surface area contributed by atoms with Crippen molar-refractivity contribution in [1.29, 1.82) is 0 Å². The van der Waals surface area contributed by atoms with Crippen LogP contribution in [-0.2, 0) is 6.54 Å². The number of carbonyl (C=O) groups is 1. The average molecular weight is 341 g/mol. The summed E-state index contributed by atoms with van der Waals surface area (Å²) in [5.74, 6) is 0.186. The van der Waals surface area contributed by atoms with Crippen LogP contribution in [0.25, 0.3) is 0 Å². The highest BCUT2D eigenvalue weighted by Crippen LogP contribution is 2.17. The number of aryl methyl sites for hydroxylation is 1. The molecule has 0 radical (unpaired) electrons. The summed E-state index contributed by atoms with van der Waals surface area (Å²) in [6.07, 6.45) is 0. The zero-order valence-corrected chi connectivity index (χ0v) is 12.7. The number of nitrogens with zero attached hydrogens (tertiary/aromatic N) is 1. The molecule has 0 aliphatic rings. The number of benzene rings is 1. The van der Waals surface area contributed by atoms with E-state index in [1.807, 2.05) is 0 Å². The van der Waals surface area contributed by atoms with Gasteiger partial charge >= 0.3 is 6.03 Å². The molecule has 0 aliphatic heterocycles. The van der Waals surface area contributed by atoms with Crippen molar-refractivity contribution >= 4 is 27.6 Å². The highest BCUT2D eigenvalue weighted by molar-refractivity contribution is 9.10. The molecule has 1 N–H and O–H groups in total. The molecule has 4 nitrogen and oxygen atoms in total. The number of hydrogen-bond acceptors (Lipinski definition) is 2. The Morgan fingerprint density at radius 3 is 2.75 bits per heavy atom. The first-order valence-corrected chi connectivity index (χ1v) is 6.77. The second-order valence-corrected chi connectivity index (χ2v) is 5.26. The molecule has 0 spiro atoms. The van der Waals surface area contributed by atoms with E-state index in [1.165, 1.54) is 11.0 Å². The van der Waals surface area contributed by atoms with Crippen LogP contribution < -0.4 is 5.32 Å². The minimum absolute atomic E-state index is 0.160. The van der Waals surface area contributed by atoms with E-state index in [0.29, 0.717) is 17.0 Å². The van der Waals surface area contributed by atoms with Crippen LogP contribution in [0.15, 0.2) is 39.4 Å². The fourth-order valence-corrected chi connectivity index (χ4v) is 2.01. The van der Waals surface area contributed by atoms with Gasteiger partial charge in [-0.25, -0.2) is 9.18 Å². The molecule has 0 aliphatic carbocycles. The van der Waals surface area contributed by atoms with Crippen molar-refractivity contribution < 1.29 is 13.6 Å². The largest absolute Gasteiger partial charge is 0.452 e. The number of anilines is 1. The molecule has 2 rings (SSSR count). The van der Waals surface area contributed by atoms with Crippen LogP contribution in [0.2, 0.25) is 0 Å². The van der Waals surface area contributed by atoms with E-state index in [1.54, 1.807) is 38.2 Å². The van der Waals surface area contributed by atoms with Crippen LogP contribution in [0, 0.1) is 12.7 Å². The van der Waals surface area contributed by atoms with Gasteiger partial charge in [0.05, 0.1) is 12.2 Å². The first kappa shape index (κ1) is 14.6. The van der Waals surface area contributed by atoms with Crippen LogP contribution >= 0.6 is 15.9 Å². The monoisotopic (exact) mass is 340 g/mol. The van der Waals surface area contributed by atoms with Crippen molar-refractivity contribution in [3.05, 3.63) is 52.1 Å². The summed E-state index contributed by atoms with van der Waals surface area (Å²) >= 11 is 3.19. The lowest BCUT2D eigenvalue weighted by atomic mass is 10.2. The fourth-order valence-electron chi connectivity index (χ4n) is 1.67. The Balaban J connectivity index is 2.00. The van der Waals surface area contributed by atoms with Gasteiger partial charge in [0.1, 0.15) is 11.6 Å². The summed E-state index contributed by atoms with van der Waals surface area (Å²) in [6.45, 7) is 2.08. The molecule has 1 aromatic carbocycles. The molecular formula is C14H14BrFN2O2. The number of hydrogen-bond donors (Lipinski definition) is 1.